The average molecular weight is 706 g/mol. The summed E-state index contributed by atoms with van der Waals surface area (Å²) in [5.41, 5.74) is 12.9. The fourth-order valence-electron chi connectivity index (χ4n) is 8.04. The fraction of sp³-hybridized carbons (Fsp3) is 0. The van der Waals surface area contributed by atoms with Crippen molar-refractivity contribution in [3.63, 3.8) is 0 Å². The van der Waals surface area contributed by atoms with Crippen LogP contribution in [0.5, 0.6) is 0 Å². The summed E-state index contributed by atoms with van der Waals surface area (Å²) in [6, 6.07) is 77.2. The van der Waals surface area contributed by atoms with Crippen LogP contribution in [0, 0.1) is 0 Å². The summed E-state index contributed by atoms with van der Waals surface area (Å²) in [7, 11) is 0. The van der Waals surface area contributed by atoms with Crippen LogP contribution in [-0.2, 0) is 0 Å². The van der Waals surface area contributed by atoms with Gasteiger partial charge in [0.2, 0.25) is 0 Å². The number of thiophene rings is 1. The molecule has 1 nitrogen and oxygen atoms in total. The van der Waals surface area contributed by atoms with Crippen molar-refractivity contribution in [2.75, 3.05) is 4.90 Å². The molecule has 1 aromatic heterocycles. The first kappa shape index (κ1) is 32.0. The minimum atomic E-state index is 1.11. The van der Waals surface area contributed by atoms with Crippen LogP contribution >= 0.6 is 11.3 Å². The second-order valence-electron chi connectivity index (χ2n) is 13.6. The molecular weight excluding hydrogens is 671 g/mol. The largest absolute Gasteiger partial charge is 0.308 e. The summed E-state index contributed by atoms with van der Waals surface area (Å²) in [5, 5.41) is 5.05. The Bertz CT molecular complexity index is 2940. The average Bonchev–Trinajstić information content (AvgIpc) is 3.64. The molecule has 254 valence electrons. The van der Waals surface area contributed by atoms with Gasteiger partial charge < -0.3 is 4.90 Å². The van der Waals surface area contributed by atoms with Crippen LogP contribution in [0.2, 0.25) is 0 Å². The normalized spacial score (nSPS) is 11.3. The Kier molecular flexibility index (Phi) is 8.09. The van der Waals surface area contributed by atoms with Crippen LogP contribution in [0.15, 0.2) is 212 Å². The molecule has 0 radical (unpaired) electrons. The quantitative estimate of drug-likeness (QED) is 0.160. The van der Waals surface area contributed by atoms with Crippen LogP contribution < -0.4 is 4.90 Å². The van der Waals surface area contributed by atoms with E-state index in [4.69, 9.17) is 0 Å². The summed E-state index contributed by atoms with van der Waals surface area (Å²) in [4.78, 5) is 2.51. The van der Waals surface area contributed by atoms with E-state index in [-0.39, 0.29) is 0 Å². The predicted octanol–water partition coefficient (Wildman–Crippen LogP) is 15.3. The molecule has 0 spiro atoms. The standard InChI is InChI=1S/C52H35NS/c1-3-17-36(18-4-1)42-26-9-10-28-46(42)51-44(38-19-5-2-6-20-38)30-15-32-48(51)53(49-33-16-31-47-45-27-11-12-34-50(45)54-52(47)49)40-24-13-23-39(35-40)43-29-14-22-37-21-7-8-25-41(37)43/h1-35H. The van der Waals surface area contributed by atoms with Gasteiger partial charge in [0.25, 0.3) is 0 Å². The molecular formula is C52H35NS. The summed E-state index contributed by atoms with van der Waals surface area (Å²) < 4.78 is 2.55. The van der Waals surface area contributed by atoms with Crippen LogP contribution in [0.1, 0.15) is 0 Å². The lowest BCUT2D eigenvalue weighted by molar-refractivity contribution is 1.30. The van der Waals surface area contributed by atoms with Gasteiger partial charge in [-0.2, -0.15) is 0 Å². The maximum atomic E-state index is 2.51. The van der Waals surface area contributed by atoms with Crippen molar-refractivity contribution in [2.24, 2.45) is 0 Å². The number of hydrogen-bond donors (Lipinski definition) is 0. The van der Waals surface area contributed by atoms with E-state index in [0.717, 1.165) is 17.1 Å². The van der Waals surface area contributed by atoms with Gasteiger partial charge in [0.1, 0.15) is 0 Å². The van der Waals surface area contributed by atoms with Crippen LogP contribution in [0.4, 0.5) is 17.1 Å². The topological polar surface area (TPSA) is 3.24 Å². The summed E-state index contributed by atoms with van der Waals surface area (Å²) in [6.45, 7) is 0. The predicted molar refractivity (Wildman–Crippen MR) is 233 cm³/mol. The molecule has 10 aromatic rings. The van der Waals surface area contributed by atoms with Crippen molar-refractivity contribution in [3.8, 4) is 44.5 Å². The summed E-state index contributed by atoms with van der Waals surface area (Å²) in [5.74, 6) is 0. The Balaban J connectivity index is 1.30. The number of fused-ring (bicyclic) bond motifs is 4. The molecule has 2 heteroatoms. The second-order valence-corrected chi connectivity index (χ2v) is 14.7. The lowest BCUT2D eigenvalue weighted by Crippen LogP contribution is -2.12. The van der Waals surface area contributed by atoms with Crippen molar-refractivity contribution >= 4 is 59.3 Å². The molecule has 0 aliphatic rings. The SMILES string of the molecule is c1ccc(-c2ccccc2-c2c(-c3ccccc3)cccc2N(c2cccc(-c3cccc4ccccc34)c2)c2cccc3c2sc2ccccc23)cc1. The van der Waals surface area contributed by atoms with Gasteiger partial charge in [0.15, 0.2) is 0 Å². The van der Waals surface area contributed by atoms with Gasteiger partial charge in [-0.15, -0.1) is 11.3 Å². The Labute approximate surface area is 319 Å². The van der Waals surface area contributed by atoms with Gasteiger partial charge in [0, 0.05) is 26.7 Å². The Morgan fingerprint density at radius 2 is 0.870 bits per heavy atom. The van der Waals surface area contributed by atoms with Crippen molar-refractivity contribution in [2.45, 2.75) is 0 Å². The first-order valence-electron chi connectivity index (χ1n) is 18.4. The third kappa shape index (κ3) is 5.56. The van der Waals surface area contributed by atoms with E-state index < -0.39 is 0 Å². The van der Waals surface area contributed by atoms with Gasteiger partial charge in [0.05, 0.1) is 16.1 Å². The van der Waals surface area contributed by atoms with Gasteiger partial charge in [-0.25, -0.2) is 0 Å². The monoisotopic (exact) mass is 705 g/mol. The lowest BCUT2D eigenvalue weighted by atomic mass is 9.87. The molecule has 1 heterocycles. The Morgan fingerprint density at radius 1 is 0.333 bits per heavy atom. The molecule has 0 aliphatic heterocycles. The molecule has 0 aliphatic carbocycles. The Morgan fingerprint density at radius 3 is 1.70 bits per heavy atom. The zero-order valence-electron chi connectivity index (χ0n) is 29.6. The highest BCUT2D eigenvalue weighted by atomic mass is 32.1. The first-order chi connectivity index (χ1) is 26.8. The third-order valence-electron chi connectivity index (χ3n) is 10.5. The minimum absolute atomic E-state index is 1.11. The molecule has 0 fully saturated rings. The first-order valence-corrected chi connectivity index (χ1v) is 19.3. The van der Waals surface area contributed by atoms with Crippen LogP contribution in [0.25, 0.3) is 75.5 Å². The number of rotatable bonds is 7. The van der Waals surface area contributed by atoms with Crippen LogP contribution in [-0.4, -0.2) is 0 Å². The van der Waals surface area contributed by atoms with E-state index in [9.17, 15) is 0 Å². The highest BCUT2D eigenvalue weighted by Crippen LogP contribution is 2.51. The van der Waals surface area contributed by atoms with Gasteiger partial charge in [-0.05, 0) is 80.0 Å². The van der Waals surface area contributed by atoms with Crippen molar-refractivity contribution < 1.29 is 0 Å². The van der Waals surface area contributed by atoms with Crippen molar-refractivity contribution in [1.82, 2.24) is 0 Å². The lowest BCUT2D eigenvalue weighted by Gasteiger charge is -2.30. The molecule has 0 saturated carbocycles. The number of benzene rings is 9. The van der Waals surface area contributed by atoms with Gasteiger partial charge >= 0.3 is 0 Å². The van der Waals surface area contributed by atoms with E-state index in [1.807, 2.05) is 11.3 Å². The molecule has 54 heavy (non-hydrogen) atoms. The van der Waals surface area contributed by atoms with Crippen molar-refractivity contribution in [3.05, 3.63) is 212 Å². The molecule has 0 saturated heterocycles. The molecule has 0 bridgehead atoms. The highest BCUT2D eigenvalue weighted by molar-refractivity contribution is 7.26. The maximum absolute atomic E-state index is 2.51. The number of nitrogens with zero attached hydrogens (tertiary/aromatic N) is 1. The Hall–Kier alpha value is -6.74. The highest BCUT2D eigenvalue weighted by Gasteiger charge is 2.25. The number of hydrogen-bond acceptors (Lipinski definition) is 2. The summed E-state index contributed by atoms with van der Waals surface area (Å²) in [6.07, 6.45) is 0. The molecule has 0 amide bonds. The van der Waals surface area contributed by atoms with Gasteiger partial charge in [-0.1, -0.05) is 182 Å². The third-order valence-corrected chi connectivity index (χ3v) is 11.7. The number of anilines is 3. The van der Waals surface area contributed by atoms with E-state index >= 15 is 0 Å². The minimum Gasteiger partial charge on any atom is -0.308 e. The summed E-state index contributed by atoms with van der Waals surface area (Å²) >= 11 is 1.87. The van der Waals surface area contributed by atoms with Crippen molar-refractivity contribution in [1.29, 1.82) is 0 Å². The second kappa shape index (κ2) is 13.7. The molecule has 0 N–H and O–H groups in total. The van der Waals surface area contributed by atoms with E-state index in [1.54, 1.807) is 0 Å². The molecule has 9 aromatic carbocycles. The van der Waals surface area contributed by atoms with E-state index in [2.05, 4.69) is 217 Å². The van der Waals surface area contributed by atoms with E-state index in [0.29, 0.717) is 0 Å². The van der Waals surface area contributed by atoms with Gasteiger partial charge in [-0.3, -0.25) is 0 Å². The van der Waals surface area contributed by atoms with Crippen LogP contribution in [0.3, 0.4) is 0 Å². The fourth-order valence-corrected chi connectivity index (χ4v) is 9.25. The molecule has 10 rings (SSSR count). The molecule has 0 atom stereocenters. The van der Waals surface area contributed by atoms with E-state index in [1.165, 1.54) is 75.5 Å². The zero-order valence-corrected chi connectivity index (χ0v) is 30.4. The maximum Gasteiger partial charge on any atom is 0.0640 e. The zero-order chi connectivity index (χ0) is 35.8. The molecule has 0 unspecified atom stereocenters. The smallest absolute Gasteiger partial charge is 0.0640 e.